The highest BCUT2D eigenvalue weighted by Crippen LogP contribution is 2.38. The van der Waals surface area contributed by atoms with Crippen LogP contribution in [0.2, 0.25) is 0 Å². The van der Waals surface area contributed by atoms with E-state index in [1.165, 1.54) is 0 Å². The Hall–Kier alpha value is -2.26. The van der Waals surface area contributed by atoms with Gasteiger partial charge in [-0.15, -0.1) is 0 Å². The van der Waals surface area contributed by atoms with Crippen molar-refractivity contribution in [2.45, 2.75) is 56.5 Å². The van der Waals surface area contributed by atoms with Gasteiger partial charge >= 0.3 is 0 Å². The summed E-state index contributed by atoms with van der Waals surface area (Å²) in [6.45, 7) is 2.39. The second-order valence-corrected chi connectivity index (χ2v) is 7.83. The van der Waals surface area contributed by atoms with Crippen LogP contribution in [0.3, 0.4) is 0 Å². The van der Waals surface area contributed by atoms with E-state index in [0.29, 0.717) is 19.8 Å². The van der Waals surface area contributed by atoms with Crippen LogP contribution in [0.4, 0.5) is 0 Å². The number of nitrogens with one attached hydrogen (secondary N) is 1. The Kier molecular flexibility index (Phi) is 5.22. The van der Waals surface area contributed by atoms with Crippen molar-refractivity contribution in [3.63, 3.8) is 0 Å². The molecule has 0 bridgehead atoms. The van der Waals surface area contributed by atoms with Crippen molar-refractivity contribution in [1.29, 1.82) is 5.26 Å². The molecule has 1 N–H and O–H groups in total. The molecule has 2 heterocycles. The number of nitriles is 1. The maximum Gasteiger partial charge on any atom is 0.235 e. The predicted molar refractivity (Wildman–Crippen MR) is 101 cm³/mol. The first-order valence-electron chi connectivity index (χ1n) is 10.0. The minimum absolute atomic E-state index is 0.0390. The smallest absolute Gasteiger partial charge is 0.235 e. The van der Waals surface area contributed by atoms with Gasteiger partial charge in [-0.25, -0.2) is 0 Å². The van der Waals surface area contributed by atoms with Crippen LogP contribution in [0.25, 0.3) is 0 Å². The van der Waals surface area contributed by atoms with Crippen LogP contribution in [0.5, 0.6) is 11.5 Å². The summed E-state index contributed by atoms with van der Waals surface area (Å²) in [5, 5.41) is 12.6. The molecule has 0 spiro atoms. The number of amides is 1. The summed E-state index contributed by atoms with van der Waals surface area (Å²) in [7, 11) is 0. The fourth-order valence-electron chi connectivity index (χ4n) is 4.57. The molecular weight excluding hydrogens is 342 g/mol. The molecule has 1 unspecified atom stereocenters. The number of hydrogen-bond donors (Lipinski definition) is 1. The van der Waals surface area contributed by atoms with Crippen LogP contribution in [0, 0.1) is 11.3 Å². The lowest BCUT2D eigenvalue weighted by atomic mass is 9.83. The van der Waals surface area contributed by atoms with Crippen LogP contribution in [0.15, 0.2) is 18.2 Å². The number of ether oxygens (including phenoxy) is 2. The highest BCUT2D eigenvalue weighted by Gasteiger charge is 2.35. The topological polar surface area (TPSA) is 74.6 Å². The lowest BCUT2D eigenvalue weighted by Gasteiger charge is -2.33. The van der Waals surface area contributed by atoms with Crippen molar-refractivity contribution in [3.05, 3.63) is 23.8 Å². The van der Waals surface area contributed by atoms with Crippen LogP contribution in [-0.4, -0.2) is 42.6 Å². The molecule has 144 valence electrons. The van der Waals surface area contributed by atoms with Gasteiger partial charge in [-0.1, -0.05) is 25.3 Å². The van der Waals surface area contributed by atoms with E-state index in [-0.39, 0.29) is 11.9 Å². The van der Waals surface area contributed by atoms with Gasteiger partial charge in [0.2, 0.25) is 5.91 Å². The molecule has 0 aromatic heterocycles. The van der Waals surface area contributed by atoms with Gasteiger partial charge in [0.05, 0.1) is 12.6 Å². The highest BCUT2D eigenvalue weighted by atomic mass is 16.6. The molecule has 1 aliphatic carbocycles. The molecule has 1 atom stereocenters. The van der Waals surface area contributed by atoms with Crippen molar-refractivity contribution in [1.82, 2.24) is 10.2 Å². The van der Waals surface area contributed by atoms with Gasteiger partial charge in [0.15, 0.2) is 11.5 Å². The first kappa shape index (κ1) is 18.1. The Morgan fingerprint density at radius 2 is 1.96 bits per heavy atom. The highest BCUT2D eigenvalue weighted by molar-refractivity contribution is 5.79. The molecule has 4 rings (SSSR count). The normalized spacial score (nSPS) is 24.2. The van der Waals surface area contributed by atoms with Crippen molar-refractivity contribution in [2.75, 3.05) is 26.3 Å². The summed E-state index contributed by atoms with van der Waals surface area (Å²) < 4.78 is 11.3. The summed E-state index contributed by atoms with van der Waals surface area (Å²) in [6.07, 6.45) is 6.79. The number of rotatable bonds is 4. The zero-order chi connectivity index (χ0) is 18.7. The SMILES string of the molecule is N#CC1(NC(=O)CN2CCCC2c2ccc3c(c2)OCCO3)CCCCC1. The molecule has 2 fully saturated rings. The van der Waals surface area contributed by atoms with E-state index < -0.39 is 5.54 Å². The van der Waals surface area contributed by atoms with Crippen molar-refractivity contribution < 1.29 is 14.3 Å². The van der Waals surface area contributed by atoms with Crippen molar-refractivity contribution in [2.24, 2.45) is 0 Å². The molecule has 0 radical (unpaired) electrons. The van der Waals surface area contributed by atoms with Gasteiger partial charge in [-0.05, 0) is 49.9 Å². The van der Waals surface area contributed by atoms with E-state index in [9.17, 15) is 10.1 Å². The number of benzene rings is 1. The first-order valence-corrected chi connectivity index (χ1v) is 10.0. The summed E-state index contributed by atoms with van der Waals surface area (Å²) in [5.74, 6) is 1.55. The Balaban J connectivity index is 1.42. The van der Waals surface area contributed by atoms with Gasteiger partial charge in [0.1, 0.15) is 18.8 Å². The van der Waals surface area contributed by atoms with Gasteiger partial charge in [-0.2, -0.15) is 5.26 Å². The molecule has 2 aliphatic heterocycles. The van der Waals surface area contributed by atoms with Crippen LogP contribution < -0.4 is 14.8 Å². The molecule has 1 aromatic carbocycles. The Morgan fingerprint density at radius 1 is 1.19 bits per heavy atom. The molecule has 1 aromatic rings. The predicted octanol–water partition coefficient (Wildman–Crippen LogP) is 2.94. The molecule has 1 amide bonds. The lowest BCUT2D eigenvalue weighted by Crippen LogP contribution is -2.51. The zero-order valence-corrected chi connectivity index (χ0v) is 15.7. The molecule has 1 saturated heterocycles. The molecule has 3 aliphatic rings. The van der Waals surface area contributed by atoms with Gasteiger partial charge in [-0.3, -0.25) is 9.69 Å². The quantitative estimate of drug-likeness (QED) is 0.883. The third-order valence-electron chi connectivity index (χ3n) is 5.96. The molecular formula is C21H27N3O3. The molecule has 6 nitrogen and oxygen atoms in total. The average Bonchev–Trinajstić information content (AvgIpc) is 3.16. The summed E-state index contributed by atoms with van der Waals surface area (Å²) in [5.41, 5.74) is 0.499. The number of carbonyl (C=O) groups is 1. The average molecular weight is 369 g/mol. The van der Waals surface area contributed by atoms with Crippen molar-refractivity contribution >= 4 is 5.91 Å². The Bertz CT molecular complexity index is 737. The van der Waals surface area contributed by atoms with Crippen LogP contribution in [0.1, 0.15) is 56.6 Å². The second kappa shape index (κ2) is 7.77. The fraction of sp³-hybridized carbons (Fsp3) is 0.619. The molecule has 1 saturated carbocycles. The standard InChI is InChI=1S/C21H27N3O3/c22-15-21(8-2-1-3-9-21)23-20(25)14-24-10-4-5-17(24)16-6-7-18-19(13-16)27-12-11-26-18/h6-7,13,17H,1-5,8-12,14H2,(H,23,25). The van der Waals surface area contributed by atoms with E-state index in [0.717, 1.165) is 68.6 Å². The third kappa shape index (κ3) is 3.89. The third-order valence-corrected chi connectivity index (χ3v) is 5.96. The number of hydrogen-bond acceptors (Lipinski definition) is 5. The maximum absolute atomic E-state index is 12.7. The van der Waals surface area contributed by atoms with E-state index in [2.05, 4.69) is 22.4 Å². The van der Waals surface area contributed by atoms with E-state index in [1.54, 1.807) is 0 Å². The fourth-order valence-corrected chi connectivity index (χ4v) is 4.57. The monoisotopic (exact) mass is 369 g/mol. The van der Waals surface area contributed by atoms with E-state index >= 15 is 0 Å². The molecule has 27 heavy (non-hydrogen) atoms. The maximum atomic E-state index is 12.7. The number of nitrogens with zero attached hydrogens (tertiary/aromatic N) is 2. The zero-order valence-electron chi connectivity index (χ0n) is 15.7. The summed E-state index contributed by atoms with van der Waals surface area (Å²) in [4.78, 5) is 14.9. The first-order chi connectivity index (χ1) is 13.2. The van der Waals surface area contributed by atoms with Crippen LogP contribution in [-0.2, 0) is 4.79 Å². The van der Waals surface area contributed by atoms with Gasteiger partial charge in [0, 0.05) is 6.04 Å². The molecule has 6 heteroatoms. The van der Waals surface area contributed by atoms with E-state index in [1.807, 2.05) is 12.1 Å². The van der Waals surface area contributed by atoms with Crippen molar-refractivity contribution in [3.8, 4) is 17.6 Å². The Morgan fingerprint density at radius 3 is 2.74 bits per heavy atom. The second-order valence-electron chi connectivity index (χ2n) is 7.83. The minimum Gasteiger partial charge on any atom is -0.486 e. The Labute approximate surface area is 160 Å². The van der Waals surface area contributed by atoms with Gasteiger partial charge < -0.3 is 14.8 Å². The summed E-state index contributed by atoms with van der Waals surface area (Å²) in [6, 6.07) is 8.66. The summed E-state index contributed by atoms with van der Waals surface area (Å²) >= 11 is 0. The number of likely N-dealkylation sites (tertiary alicyclic amines) is 1. The largest absolute Gasteiger partial charge is 0.486 e. The van der Waals surface area contributed by atoms with E-state index in [4.69, 9.17) is 9.47 Å². The minimum atomic E-state index is -0.665. The van der Waals surface area contributed by atoms with Gasteiger partial charge in [0.25, 0.3) is 0 Å². The lowest BCUT2D eigenvalue weighted by molar-refractivity contribution is -0.124. The van der Waals surface area contributed by atoms with Crippen LogP contribution >= 0.6 is 0 Å². The number of fused-ring (bicyclic) bond motifs is 1. The number of carbonyl (C=O) groups excluding carboxylic acids is 1.